The fourth-order valence-electron chi connectivity index (χ4n) is 1.29. The molecule has 0 heterocycles. The van der Waals surface area contributed by atoms with Crippen molar-refractivity contribution in [2.45, 2.75) is 20.3 Å². The molecular weight excluding hydrogens is 210 g/mol. The smallest absolute Gasteiger partial charge is 0.265 e. The Labute approximate surface area is 85.7 Å². The molecule has 4 heteroatoms. The highest BCUT2D eigenvalue weighted by atomic mass is 35.5. The van der Waals surface area contributed by atoms with Crippen molar-refractivity contribution in [3.05, 3.63) is 33.8 Å². The first-order valence-corrected chi connectivity index (χ1v) is 4.41. The predicted molar refractivity (Wildman–Crippen MR) is 51.2 cm³/mol. The van der Waals surface area contributed by atoms with Crippen LogP contribution in [0.2, 0.25) is 5.02 Å². The first-order chi connectivity index (χ1) is 6.45. The molecule has 0 bridgehead atoms. The molecule has 1 nitrogen and oxygen atoms in total. The number of rotatable bonds is 2. The Hall–Kier alpha value is -0.960. The maximum Gasteiger partial charge on any atom is 0.265 e. The number of hydrogen-bond acceptors (Lipinski definition) is 1. The molecule has 0 aromatic heterocycles. The molecule has 0 saturated carbocycles. The van der Waals surface area contributed by atoms with E-state index in [0.717, 1.165) is 0 Å². The van der Waals surface area contributed by atoms with Gasteiger partial charge in [0.25, 0.3) is 6.43 Å². The first kappa shape index (κ1) is 11.1. The molecule has 0 aliphatic heterocycles. The van der Waals surface area contributed by atoms with E-state index in [1.165, 1.54) is 19.1 Å². The Bertz CT molecular complexity index is 375. The molecule has 1 aromatic rings. The van der Waals surface area contributed by atoms with Crippen molar-refractivity contribution in [2.75, 3.05) is 0 Å². The van der Waals surface area contributed by atoms with Gasteiger partial charge in [-0.1, -0.05) is 23.7 Å². The van der Waals surface area contributed by atoms with E-state index in [4.69, 9.17) is 11.6 Å². The lowest BCUT2D eigenvalue weighted by atomic mass is 10.0. The lowest BCUT2D eigenvalue weighted by molar-refractivity contribution is 0.101. The summed E-state index contributed by atoms with van der Waals surface area (Å²) < 4.78 is 24.8. The van der Waals surface area contributed by atoms with Crippen LogP contribution in [0.5, 0.6) is 0 Å². The number of Topliss-reactive ketones (excluding diaryl/α,β-unsaturated/α-hetero) is 1. The average Bonchev–Trinajstić information content (AvgIpc) is 2.02. The number of carbonyl (C=O) groups is 1. The minimum Gasteiger partial charge on any atom is -0.294 e. The van der Waals surface area contributed by atoms with Gasteiger partial charge in [-0.15, -0.1) is 0 Å². The quantitative estimate of drug-likeness (QED) is 0.691. The van der Waals surface area contributed by atoms with E-state index in [1.54, 1.807) is 6.92 Å². The summed E-state index contributed by atoms with van der Waals surface area (Å²) in [6, 6.07) is 2.72. The number of hydrogen-bond donors (Lipinski definition) is 0. The van der Waals surface area contributed by atoms with Gasteiger partial charge in [0.05, 0.1) is 5.02 Å². The van der Waals surface area contributed by atoms with Gasteiger partial charge in [-0.2, -0.15) is 0 Å². The van der Waals surface area contributed by atoms with E-state index in [1.807, 2.05) is 0 Å². The zero-order valence-electron chi connectivity index (χ0n) is 7.77. The number of halogens is 3. The van der Waals surface area contributed by atoms with Crippen LogP contribution in [0.15, 0.2) is 12.1 Å². The van der Waals surface area contributed by atoms with E-state index in [0.29, 0.717) is 5.56 Å². The van der Waals surface area contributed by atoms with Gasteiger partial charge in [0.2, 0.25) is 0 Å². The van der Waals surface area contributed by atoms with Crippen molar-refractivity contribution in [1.29, 1.82) is 0 Å². The van der Waals surface area contributed by atoms with Gasteiger partial charge in [0.15, 0.2) is 5.78 Å². The maximum absolute atomic E-state index is 12.4. The Morgan fingerprint density at radius 1 is 1.43 bits per heavy atom. The molecule has 0 fully saturated rings. The summed E-state index contributed by atoms with van der Waals surface area (Å²) in [5.41, 5.74) is 0.513. The molecule has 0 radical (unpaired) electrons. The largest absolute Gasteiger partial charge is 0.294 e. The van der Waals surface area contributed by atoms with Crippen molar-refractivity contribution in [3.8, 4) is 0 Å². The SMILES string of the molecule is CC(=O)c1c(C)ccc(C(F)F)c1Cl. The number of aryl methyl sites for hydroxylation is 1. The van der Waals surface area contributed by atoms with Crippen molar-refractivity contribution in [1.82, 2.24) is 0 Å². The van der Waals surface area contributed by atoms with Crippen LogP contribution < -0.4 is 0 Å². The predicted octanol–water partition coefficient (Wildman–Crippen LogP) is 3.79. The third kappa shape index (κ3) is 1.93. The Balaban J connectivity index is 3.41. The monoisotopic (exact) mass is 218 g/mol. The Morgan fingerprint density at radius 2 is 2.00 bits per heavy atom. The van der Waals surface area contributed by atoms with E-state index in [2.05, 4.69) is 0 Å². The van der Waals surface area contributed by atoms with Crippen molar-refractivity contribution in [2.24, 2.45) is 0 Å². The lowest BCUT2D eigenvalue weighted by Gasteiger charge is -2.09. The summed E-state index contributed by atoms with van der Waals surface area (Å²) in [6.07, 6.45) is -2.65. The minimum absolute atomic E-state index is 0.132. The van der Waals surface area contributed by atoms with Crippen LogP contribution in [-0.4, -0.2) is 5.78 Å². The zero-order chi connectivity index (χ0) is 10.9. The van der Waals surface area contributed by atoms with Crippen molar-refractivity contribution < 1.29 is 13.6 Å². The summed E-state index contributed by atoms with van der Waals surface area (Å²) in [6.45, 7) is 2.97. The van der Waals surface area contributed by atoms with Crippen LogP contribution in [0.4, 0.5) is 8.78 Å². The lowest BCUT2D eigenvalue weighted by Crippen LogP contribution is -2.00. The standard InChI is InChI=1S/C10H9ClF2O/c1-5-3-4-7(10(12)13)9(11)8(5)6(2)14/h3-4,10H,1-2H3. The molecule has 0 aliphatic rings. The second kappa shape index (κ2) is 4.05. The van der Waals surface area contributed by atoms with Gasteiger partial charge in [0.1, 0.15) is 0 Å². The Kier molecular flexibility index (Phi) is 3.21. The summed E-state index contributed by atoms with van der Waals surface area (Å²) in [5, 5.41) is -0.132. The molecule has 0 unspecified atom stereocenters. The van der Waals surface area contributed by atoms with Crippen LogP contribution in [0.1, 0.15) is 34.8 Å². The highest BCUT2D eigenvalue weighted by molar-refractivity contribution is 6.34. The summed E-state index contributed by atoms with van der Waals surface area (Å²) in [7, 11) is 0. The molecule has 1 rings (SSSR count). The third-order valence-electron chi connectivity index (χ3n) is 1.97. The molecule has 1 aromatic carbocycles. The van der Waals surface area contributed by atoms with Crippen LogP contribution in [0, 0.1) is 6.92 Å². The van der Waals surface area contributed by atoms with Crippen LogP contribution in [-0.2, 0) is 0 Å². The van der Waals surface area contributed by atoms with Gasteiger partial charge in [-0.3, -0.25) is 4.79 Å². The molecular formula is C10H9ClF2O. The maximum atomic E-state index is 12.4. The summed E-state index contributed by atoms with van der Waals surface area (Å²) in [4.78, 5) is 11.1. The second-order valence-electron chi connectivity index (χ2n) is 3.02. The van der Waals surface area contributed by atoms with Crippen LogP contribution >= 0.6 is 11.6 Å². The fourth-order valence-corrected chi connectivity index (χ4v) is 1.72. The van der Waals surface area contributed by atoms with Gasteiger partial charge >= 0.3 is 0 Å². The second-order valence-corrected chi connectivity index (χ2v) is 3.40. The van der Waals surface area contributed by atoms with Crippen LogP contribution in [0.3, 0.4) is 0 Å². The fraction of sp³-hybridized carbons (Fsp3) is 0.300. The average molecular weight is 219 g/mol. The van der Waals surface area contributed by atoms with Gasteiger partial charge in [-0.25, -0.2) is 8.78 Å². The summed E-state index contributed by atoms with van der Waals surface area (Å²) in [5.74, 6) is -0.296. The number of ketones is 1. The molecule has 14 heavy (non-hydrogen) atoms. The summed E-state index contributed by atoms with van der Waals surface area (Å²) >= 11 is 5.70. The van der Waals surface area contributed by atoms with E-state index >= 15 is 0 Å². The van der Waals surface area contributed by atoms with E-state index in [9.17, 15) is 13.6 Å². The minimum atomic E-state index is -2.65. The van der Waals surface area contributed by atoms with Gasteiger partial charge in [0, 0.05) is 11.1 Å². The van der Waals surface area contributed by atoms with Gasteiger partial charge < -0.3 is 0 Å². The molecule has 76 valence electrons. The molecule has 0 aliphatic carbocycles. The number of carbonyl (C=O) groups excluding carboxylic acids is 1. The highest BCUT2D eigenvalue weighted by Gasteiger charge is 2.18. The number of alkyl halides is 2. The van der Waals surface area contributed by atoms with E-state index < -0.39 is 6.43 Å². The third-order valence-corrected chi connectivity index (χ3v) is 2.37. The van der Waals surface area contributed by atoms with Crippen molar-refractivity contribution in [3.63, 3.8) is 0 Å². The van der Waals surface area contributed by atoms with Crippen molar-refractivity contribution >= 4 is 17.4 Å². The zero-order valence-corrected chi connectivity index (χ0v) is 8.53. The van der Waals surface area contributed by atoms with Gasteiger partial charge in [-0.05, 0) is 19.4 Å². The van der Waals surface area contributed by atoms with E-state index in [-0.39, 0.29) is 21.9 Å². The Morgan fingerprint density at radius 3 is 2.43 bits per heavy atom. The molecule has 0 atom stereocenters. The molecule has 0 spiro atoms. The number of benzene rings is 1. The first-order valence-electron chi connectivity index (χ1n) is 4.03. The highest BCUT2D eigenvalue weighted by Crippen LogP contribution is 2.31. The molecule has 0 saturated heterocycles. The normalized spacial score (nSPS) is 10.7. The molecule has 0 N–H and O–H groups in total. The molecule has 0 amide bonds. The van der Waals surface area contributed by atoms with Crippen LogP contribution in [0.25, 0.3) is 0 Å². The topological polar surface area (TPSA) is 17.1 Å².